The van der Waals surface area contributed by atoms with Gasteiger partial charge >= 0.3 is 0 Å². The summed E-state index contributed by atoms with van der Waals surface area (Å²) in [6.07, 6.45) is 3.61. The van der Waals surface area contributed by atoms with E-state index >= 15 is 0 Å². The number of rotatable bonds is 6. The number of thiazole rings is 1. The van der Waals surface area contributed by atoms with Gasteiger partial charge in [-0.3, -0.25) is 14.4 Å². The Kier molecular flexibility index (Phi) is 4.84. The normalized spacial score (nSPS) is 10.9. The lowest BCUT2D eigenvalue weighted by atomic mass is 10.2. The van der Waals surface area contributed by atoms with Crippen molar-refractivity contribution in [3.05, 3.63) is 72.6 Å². The van der Waals surface area contributed by atoms with E-state index in [2.05, 4.69) is 10.1 Å². The van der Waals surface area contributed by atoms with Crippen LogP contribution in [-0.2, 0) is 6.54 Å². The third-order valence-corrected chi connectivity index (χ3v) is 5.23. The standard InChI is InChI=1S/C20H18N4O2S/c1-26-16-8-9-17-18(14-16)27-20(22-17)24(13-12-23-11-5-10-21-23)19(25)15-6-3-2-4-7-15/h2-11,14H,12-13H2,1H3. The molecule has 136 valence electrons. The quantitative estimate of drug-likeness (QED) is 0.511. The maximum absolute atomic E-state index is 13.1. The highest BCUT2D eigenvalue weighted by molar-refractivity contribution is 7.22. The van der Waals surface area contributed by atoms with Crippen LogP contribution in [0.5, 0.6) is 5.75 Å². The van der Waals surface area contributed by atoms with Crippen LogP contribution in [0.1, 0.15) is 10.4 Å². The number of aromatic nitrogens is 3. The molecular weight excluding hydrogens is 360 g/mol. The Balaban J connectivity index is 1.69. The maximum atomic E-state index is 13.1. The summed E-state index contributed by atoms with van der Waals surface area (Å²) in [6, 6.07) is 16.9. The lowest BCUT2D eigenvalue weighted by Gasteiger charge is -2.20. The molecule has 0 spiro atoms. The molecule has 0 aliphatic carbocycles. The highest BCUT2D eigenvalue weighted by atomic mass is 32.1. The van der Waals surface area contributed by atoms with Crippen molar-refractivity contribution in [1.29, 1.82) is 0 Å². The number of carbonyl (C=O) groups excluding carboxylic acids is 1. The summed E-state index contributed by atoms with van der Waals surface area (Å²) in [5, 5.41) is 4.89. The maximum Gasteiger partial charge on any atom is 0.260 e. The lowest BCUT2D eigenvalue weighted by molar-refractivity contribution is 0.0986. The zero-order chi connectivity index (χ0) is 18.6. The molecule has 27 heavy (non-hydrogen) atoms. The molecule has 2 heterocycles. The minimum atomic E-state index is -0.0752. The van der Waals surface area contributed by atoms with E-state index < -0.39 is 0 Å². The smallest absolute Gasteiger partial charge is 0.260 e. The first-order valence-electron chi connectivity index (χ1n) is 8.53. The Morgan fingerprint density at radius 3 is 2.78 bits per heavy atom. The fourth-order valence-electron chi connectivity index (χ4n) is 2.79. The van der Waals surface area contributed by atoms with Crippen molar-refractivity contribution in [1.82, 2.24) is 14.8 Å². The Hall–Kier alpha value is -3.19. The van der Waals surface area contributed by atoms with Gasteiger partial charge in [-0.1, -0.05) is 29.5 Å². The molecule has 4 rings (SSSR count). The van der Waals surface area contributed by atoms with Crippen molar-refractivity contribution in [2.45, 2.75) is 6.54 Å². The third-order valence-electron chi connectivity index (χ3n) is 4.19. The van der Waals surface area contributed by atoms with E-state index in [4.69, 9.17) is 4.74 Å². The molecule has 2 aromatic heterocycles. The van der Waals surface area contributed by atoms with Crippen molar-refractivity contribution in [2.24, 2.45) is 0 Å². The molecule has 0 aliphatic rings. The lowest BCUT2D eigenvalue weighted by Crippen LogP contribution is -2.34. The van der Waals surface area contributed by atoms with Crippen LogP contribution in [0.3, 0.4) is 0 Å². The molecule has 0 radical (unpaired) electrons. The highest BCUT2D eigenvalue weighted by Gasteiger charge is 2.21. The molecule has 0 saturated heterocycles. The molecule has 2 aromatic carbocycles. The van der Waals surface area contributed by atoms with Gasteiger partial charge in [-0.15, -0.1) is 0 Å². The number of carbonyl (C=O) groups is 1. The molecule has 6 nitrogen and oxygen atoms in total. The SMILES string of the molecule is COc1ccc2nc(N(CCn3cccn3)C(=O)c3ccccc3)sc2c1. The van der Waals surface area contributed by atoms with E-state index in [0.29, 0.717) is 23.8 Å². The number of fused-ring (bicyclic) bond motifs is 1. The second-order valence-corrected chi connectivity index (χ2v) is 6.93. The fraction of sp³-hybridized carbons (Fsp3) is 0.150. The van der Waals surface area contributed by atoms with Gasteiger partial charge in [0.25, 0.3) is 5.91 Å². The third kappa shape index (κ3) is 3.68. The summed E-state index contributed by atoms with van der Waals surface area (Å²) in [7, 11) is 1.64. The topological polar surface area (TPSA) is 60.2 Å². The summed E-state index contributed by atoms with van der Waals surface area (Å²) in [5.74, 6) is 0.698. The van der Waals surface area contributed by atoms with Gasteiger partial charge in [-0.05, 0) is 36.4 Å². The van der Waals surface area contributed by atoms with Gasteiger partial charge in [0.2, 0.25) is 0 Å². The van der Waals surface area contributed by atoms with E-state index in [1.807, 2.05) is 65.5 Å². The van der Waals surface area contributed by atoms with Gasteiger partial charge in [-0.25, -0.2) is 4.98 Å². The number of amides is 1. The van der Waals surface area contributed by atoms with Crippen molar-refractivity contribution in [3.8, 4) is 5.75 Å². The van der Waals surface area contributed by atoms with E-state index in [1.54, 1.807) is 18.2 Å². The molecule has 0 fully saturated rings. The molecule has 0 atom stereocenters. The Labute approximate surface area is 160 Å². The number of methoxy groups -OCH3 is 1. The van der Waals surface area contributed by atoms with Gasteiger partial charge in [0.15, 0.2) is 5.13 Å². The van der Waals surface area contributed by atoms with Crippen LogP contribution in [0.2, 0.25) is 0 Å². The summed E-state index contributed by atoms with van der Waals surface area (Å²) in [4.78, 5) is 19.5. The largest absolute Gasteiger partial charge is 0.497 e. The number of hydrogen-bond donors (Lipinski definition) is 0. The van der Waals surface area contributed by atoms with Gasteiger partial charge in [0.1, 0.15) is 5.75 Å². The molecule has 0 unspecified atom stereocenters. The van der Waals surface area contributed by atoms with Crippen LogP contribution < -0.4 is 9.64 Å². The zero-order valence-electron chi connectivity index (χ0n) is 14.8. The van der Waals surface area contributed by atoms with Crippen molar-refractivity contribution in [2.75, 3.05) is 18.6 Å². The number of ether oxygens (including phenoxy) is 1. The van der Waals surface area contributed by atoms with Crippen LogP contribution in [0.25, 0.3) is 10.2 Å². The molecule has 7 heteroatoms. The molecule has 1 amide bonds. The Morgan fingerprint density at radius 1 is 1.19 bits per heavy atom. The number of benzene rings is 2. The first kappa shape index (κ1) is 17.2. The van der Waals surface area contributed by atoms with E-state index in [9.17, 15) is 4.79 Å². The summed E-state index contributed by atoms with van der Waals surface area (Å²) in [6.45, 7) is 1.07. The average molecular weight is 378 g/mol. The van der Waals surface area contributed by atoms with Crippen LogP contribution in [0.4, 0.5) is 5.13 Å². The zero-order valence-corrected chi connectivity index (χ0v) is 15.6. The number of nitrogens with zero attached hydrogens (tertiary/aromatic N) is 4. The average Bonchev–Trinajstić information content (AvgIpc) is 3.37. The van der Waals surface area contributed by atoms with Crippen molar-refractivity contribution < 1.29 is 9.53 Å². The molecule has 0 aliphatic heterocycles. The van der Waals surface area contributed by atoms with Crippen LogP contribution >= 0.6 is 11.3 Å². The molecule has 0 N–H and O–H groups in total. The Bertz CT molecular complexity index is 1040. The van der Waals surface area contributed by atoms with Crippen LogP contribution in [0, 0.1) is 0 Å². The monoisotopic (exact) mass is 378 g/mol. The second-order valence-electron chi connectivity index (χ2n) is 5.92. The van der Waals surface area contributed by atoms with Gasteiger partial charge < -0.3 is 4.74 Å². The highest BCUT2D eigenvalue weighted by Crippen LogP contribution is 2.32. The summed E-state index contributed by atoms with van der Waals surface area (Å²) >= 11 is 1.48. The van der Waals surface area contributed by atoms with Gasteiger partial charge in [0.05, 0.1) is 23.9 Å². The minimum Gasteiger partial charge on any atom is -0.497 e. The summed E-state index contributed by atoms with van der Waals surface area (Å²) in [5.41, 5.74) is 1.48. The van der Waals surface area contributed by atoms with Crippen molar-refractivity contribution in [3.63, 3.8) is 0 Å². The molecule has 0 bridgehead atoms. The number of anilines is 1. The first-order valence-corrected chi connectivity index (χ1v) is 9.35. The van der Waals surface area contributed by atoms with E-state index in [1.165, 1.54) is 11.3 Å². The first-order chi connectivity index (χ1) is 13.2. The molecule has 4 aromatic rings. The summed E-state index contributed by atoms with van der Waals surface area (Å²) < 4.78 is 8.08. The van der Waals surface area contributed by atoms with E-state index in [-0.39, 0.29) is 5.91 Å². The predicted octanol–water partition coefficient (Wildman–Crippen LogP) is 3.85. The second kappa shape index (κ2) is 7.59. The van der Waals surface area contributed by atoms with Gasteiger partial charge in [0, 0.05) is 24.5 Å². The fourth-order valence-corrected chi connectivity index (χ4v) is 3.81. The predicted molar refractivity (Wildman–Crippen MR) is 107 cm³/mol. The molecule has 0 saturated carbocycles. The van der Waals surface area contributed by atoms with Crippen molar-refractivity contribution >= 4 is 32.6 Å². The molecular formula is C20H18N4O2S. The number of hydrogen-bond acceptors (Lipinski definition) is 5. The minimum absolute atomic E-state index is 0.0752. The van der Waals surface area contributed by atoms with Gasteiger partial charge in [-0.2, -0.15) is 5.10 Å². The Morgan fingerprint density at radius 2 is 2.04 bits per heavy atom. The van der Waals surface area contributed by atoms with Crippen LogP contribution in [-0.4, -0.2) is 34.3 Å². The van der Waals surface area contributed by atoms with Crippen LogP contribution in [0.15, 0.2) is 67.0 Å². The van der Waals surface area contributed by atoms with E-state index in [0.717, 1.165) is 16.0 Å².